The van der Waals surface area contributed by atoms with Gasteiger partial charge in [-0.25, -0.2) is 0 Å². The number of methoxy groups -OCH3 is 1. The van der Waals surface area contributed by atoms with Crippen LogP contribution in [0.1, 0.15) is 12.8 Å². The van der Waals surface area contributed by atoms with Crippen LogP contribution in [0.4, 0.5) is 0 Å². The summed E-state index contributed by atoms with van der Waals surface area (Å²) < 4.78 is 4.95. The van der Waals surface area contributed by atoms with E-state index < -0.39 is 0 Å². The lowest BCUT2D eigenvalue weighted by atomic mass is 9.99. The number of hydrogen-bond donors (Lipinski definition) is 1. The summed E-state index contributed by atoms with van der Waals surface area (Å²) in [6, 6.07) is 0. The molecule has 1 atom stereocenters. The SMILES string of the molecule is COC[C@@H]1CCNC(=O)C1. The lowest BCUT2D eigenvalue weighted by molar-refractivity contribution is -0.124. The van der Waals surface area contributed by atoms with Gasteiger partial charge in [0.2, 0.25) is 5.91 Å². The molecular formula is C7H13NO2. The highest BCUT2D eigenvalue weighted by molar-refractivity contribution is 5.76. The van der Waals surface area contributed by atoms with Crippen LogP contribution in [0.15, 0.2) is 0 Å². The molecule has 1 N–H and O–H groups in total. The standard InChI is InChI=1S/C7H13NO2/c1-10-5-6-2-3-8-7(9)4-6/h6H,2-5H2,1H3,(H,8,9)/t6-/m1/s1. The molecule has 0 aromatic rings. The number of hydrogen-bond acceptors (Lipinski definition) is 2. The van der Waals surface area contributed by atoms with Crippen molar-refractivity contribution in [2.24, 2.45) is 5.92 Å². The molecule has 1 heterocycles. The maximum absolute atomic E-state index is 10.8. The molecule has 0 aromatic heterocycles. The zero-order valence-electron chi connectivity index (χ0n) is 6.22. The Labute approximate surface area is 60.7 Å². The first-order valence-electron chi connectivity index (χ1n) is 3.58. The minimum Gasteiger partial charge on any atom is -0.384 e. The Kier molecular flexibility index (Phi) is 2.68. The summed E-state index contributed by atoms with van der Waals surface area (Å²) in [5.41, 5.74) is 0. The van der Waals surface area contributed by atoms with Gasteiger partial charge in [-0.3, -0.25) is 4.79 Å². The first kappa shape index (κ1) is 7.54. The molecular weight excluding hydrogens is 130 g/mol. The summed E-state index contributed by atoms with van der Waals surface area (Å²) in [5.74, 6) is 0.604. The number of amides is 1. The normalized spacial score (nSPS) is 26.1. The van der Waals surface area contributed by atoms with Crippen molar-refractivity contribution in [3.05, 3.63) is 0 Å². The number of carbonyl (C=O) groups excluding carboxylic acids is 1. The van der Waals surface area contributed by atoms with Crippen LogP contribution in [0.5, 0.6) is 0 Å². The number of nitrogens with one attached hydrogen (secondary N) is 1. The summed E-state index contributed by atoms with van der Waals surface area (Å²) in [5, 5.41) is 2.78. The van der Waals surface area contributed by atoms with Gasteiger partial charge in [0.25, 0.3) is 0 Å². The second-order valence-electron chi connectivity index (χ2n) is 2.66. The number of carbonyl (C=O) groups is 1. The second-order valence-corrected chi connectivity index (χ2v) is 2.66. The van der Waals surface area contributed by atoms with Crippen molar-refractivity contribution in [1.29, 1.82) is 0 Å². The molecule has 1 aliphatic rings. The number of ether oxygens (including phenoxy) is 1. The number of piperidine rings is 1. The minimum atomic E-state index is 0.160. The Morgan fingerprint density at radius 1 is 1.80 bits per heavy atom. The first-order valence-corrected chi connectivity index (χ1v) is 3.58. The van der Waals surface area contributed by atoms with Gasteiger partial charge in [-0.15, -0.1) is 0 Å². The maximum atomic E-state index is 10.8. The van der Waals surface area contributed by atoms with Crippen LogP contribution in [-0.4, -0.2) is 26.2 Å². The van der Waals surface area contributed by atoms with Crippen molar-refractivity contribution in [2.45, 2.75) is 12.8 Å². The fourth-order valence-electron chi connectivity index (χ4n) is 1.23. The van der Waals surface area contributed by atoms with Crippen molar-refractivity contribution >= 4 is 5.91 Å². The van der Waals surface area contributed by atoms with Gasteiger partial charge in [0.05, 0.1) is 0 Å². The van der Waals surface area contributed by atoms with Gasteiger partial charge in [-0.2, -0.15) is 0 Å². The van der Waals surface area contributed by atoms with Gasteiger partial charge in [0, 0.05) is 26.7 Å². The third-order valence-electron chi connectivity index (χ3n) is 1.75. The van der Waals surface area contributed by atoms with E-state index in [-0.39, 0.29) is 5.91 Å². The van der Waals surface area contributed by atoms with Gasteiger partial charge in [-0.05, 0) is 12.3 Å². The Balaban J connectivity index is 2.25. The summed E-state index contributed by atoms with van der Waals surface area (Å²) >= 11 is 0. The minimum absolute atomic E-state index is 0.160. The molecule has 10 heavy (non-hydrogen) atoms. The fourth-order valence-corrected chi connectivity index (χ4v) is 1.23. The monoisotopic (exact) mass is 143 g/mol. The molecule has 0 bridgehead atoms. The molecule has 1 saturated heterocycles. The Morgan fingerprint density at radius 2 is 2.60 bits per heavy atom. The van der Waals surface area contributed by atoms with Crippen LogP contribution < -0.4 is 5.32 Å². The predicted octanol–water partition coefficient (Wildman–Crippen LogP) is 0.159. The topological polar surface area (TPSA) is 38.3 Å². The number of rotatable bonds is 2. The van der Waals surface area contributed by atoms with Crippen LogP contribution in [0.2, 0.25) is 0 Å². The molecule has 1 fully saturated rings. The average Bonchev–Trinajstić information content (AvgIpc) is 1.88. The molecule has 58 valence electrons. The van der Waals surface area contributed by atoms with Gasteiger partial charge in [-0.1, -0.05) is 0 Å². The predicted molar refractivity (Wildman–Crippen MR) is 37.6 cm³/mol. The molecule has 0 saturated carbocycles. The van der Waals surface area contributed by atoms with E-state index in [1.165, 1.54) is 0 Å². The van der Waals surface area contributed by atoms with E-state index in [0.717, 1.165) is 13.0 Å². The van der Waals surface area contributed by atoms with Crippen LogP contribution in [-0.2, 0) is 9.53 Å². The molecule has 0 unspecified atom stereocenters. The first-order chi connectivity index (χ1) is 4.83. The van der Waals surface area contributed by atoms with Gasteiger partial charge >= 0.3 is 0 Å². The third kappa shape index (κ3) is 1.99. The quantitative estimate of drug-likeness (QED) is 0.598. The summed E-state index contributed by atoms with van der Waals surface area (Å²) in [7, 11) is 1.67. The van der Waals surface area contributed by atoms with Crippen LogP contribution >= 0.6 is 0 Å². The second kappa shape index (κ2) is 3.56. The maximum Gasteiger partial charge on any atom is 0.220 e. The Bertz CT molecular complexity index is 123. The molecule has 1 aliphatic heterocycles. The van der Waals surface area contributed by atoms with Gasteiger partial charge in [0.1, 0.15) is 0 Å². The average molecular weight is 143 g/mol. The molecule has 3 heteroatoms. The zero-order valence-corrected chi connectivity index (χ0v) is 6.22. The highest BCUT2D eigenvalue weighted by Gasteiger charge is 2.17. The van der Waals surface area contributed by atoms with Crippen LogP contribution in [0, 0.1) is 5.92 Å². The van der Waals surface area contributed by atoms with Crippen molar-refractivity contribution in [3.8, 4) is 0 Å². The fraction of sp³-hybridized carbons (Fsp3) is 0.857. The van der Waals surface area contributed by atoms with Crippen LogP contribution in [0.25, 0.3) is 0 Å². The Hall–Kier alpha value is -0.570. The van der Waals surface area contributed by atoms with E-state index in [2.05, 4.69) is 5.32 Å². The Morgan fingerprint density at radius 3 is 3.20 bits per heavy atom. The van der Waals surface area contributed by atoms with Crippen molar-refractivity contribution in [1.82, 2.24) is 5.32 Å². The molecule has 1 rings (SSSR count). The smallest absolute Gasteiger partial charge is 0.220 e. The molecule has 0 aromatic carbocycles. The summed E-state index contributed by atoms with van der Waals surface area (Å²) in [4.78, 5) is 10.8. The molecule has 1 amide bonds. The lowest BCUT2D eigenvalue weighted by Crippen LogP contribution is -2.34. The van der Waals surface area contributed by atoms with E-state index in [4.69, 9.17) is 4.74 Å². The highest BCUT2D eigenvalue weighted by Crippen LogP contribution is 2.11. The summed E-state index contributed by atoms with van der Waals surface area (Å²) in [6.45, 7) is 1.53. The highest BCUT2D eigenvalue weighted by atomic mass is 16.5. The molecule has 0 spiro atoms. The molecule has 0 aliphatic carbocycles. The van der Waals surface area contributed by atoms with Crippen molar-refractivity contribution in [2.75, 3.05) is 20.3 Å². The molecule has 3 nitrogen and oxygen atoms in total. The third-order valence-corrected chi connectivity index (χ3v) is 1.75. The van der Waals surface area contributed by atoms with Crippen molar-refractivity contribution in [3.63, 3.8) is 0 Å². The lowest BCUT2D eigenvalue weighted by Gasteiger charge is -2.20. The van der Waals surface area contributed by atoms with Gasteiger partial charge < -0.3 is 10.1 Å². The van der Waals surface area contributed by atoms with Gasteiger partial charge in [0.15, 0.2) is 0 Å². The van der Waals surface area contributed by atoms with E-state index >= 15 is 0 Å². The zero-order chi connectivity index (χ0) is 7.40. The van der Waals surface area contributed by atoms with E-state index in [1.54, 1.807) is 7.11 Å². The van der Waals surface area contributed by atoms with E-state index in [9.17, 15) is 4.79 Å². The van der Waals surface area contributed by atoms with Crippen LogP contribution in [0.3, 0.4) is 0 Å². The van der Waals surface area contributed by atoms with E-state index in [0.29, 0.717) is 18.9 Å². The van der Waals surface area contributed by atoms with E-state index in [1.807, 2.05) is 0 Å². The van der Waals surface area contributed by atoms with Crippen molar-refractivity contribution < 1.29 is 9.53 Å². The largest absolute Gasteiger partial charge is 0.384 e. The summed E-state index contributed by atoms with van der Waals surface area (Å²) in [6.07, 6.45) is 1.69. The molecule has 0 radical (unpaired) electrons.